The number of hydrogen-bond acceptors (Lipinski definition) is 6. The minimum absolute atomic E-state index is 0. The second kappa shape index (κ2) is 13.6. The third kappa shape index (κ3) is 9.20. The molecule has 1 aliphatic heterocycles. The van der Waals surface area contributed by atoms with Crippen molar-refractivity contribution in [2.45, 2.75) is 39.8 Å². The first kappa shape index (κ1) is 25.5. The molecule has 0 aliphatic carbocycles. The van der Waals surface area contributed by atoms with E-state index in [0.29, 0.717) is 19.1 Å². The van der Waals surface area contributed by atoms with E-state index in [1.165, 1.54) is 0 Å². The van der Waals surface area contributed by atoms with E-state index in [2.05, 4.69) is 44.4 Å². The van der Waals surface area contributed by atoms with Crippen LogP contribution in [0, 0.1) is 5.92 Å². The SMILES string of the molecule is CCOC(=O)NC(CNC(=NC)N1CCN(Cc2ccon2)CC1)CC(C)C.I. The van der Waals surface area contributed by atoms with Gasteiger partial charge in [-0.3, -0.25) is 9.89 Å². The number of amides is 1. The van der Waals surface area contributed by atoms with Crippen molar-refractivity contribution in [2.75, 3.05) is 46.4 Å². The lowest BCUT2D eigenvalue weighted by atomic mass is 10.0. The number of carbonyl (C=O) groups is 1. The number of nitrogens with one attached hydrogen (secondary N) is 2. The third-order valence-corrected chi connectivity index (χ3v) is 4.62. The average Bonchev–Trinajstić information content (AvgIpc) is 3.16. The largest absolute Gasteiger partial charge is 0.450 e. The summed E-state index contributed by atoms with van der Waals surface area (Å²) in [4.78, 5) is 20.8. The number of aromatic nitrogens is 1. The highest BCUT2D eigenvalue weighted by Crippen LogP contribution is 2.08. The van der Waals surface area contributed by atoms with Gasteiger partial charge in [0.25, 0.3) is 0 Å². The number of guanidine groups is 1. The lowest BCUT2D eigenvalue weighted by Gasteiger charge is -2.36. The van der Waals surface area contributed by atoms with Gasteiger partial charge in [0.1, 0.15) is 6.26 Å². The summed E-state index contributed by atoms with van der Waals surface area (Å²) in [7, 11) is 1.79. The van der Waals surface area contributed by atoms with Gasteiger partial charge < -0.3 is 24.8 Å². The minimum atomic E-state index is -0.369. The lowest BCUT2D eigenvalue weighted by molar-refractivity contribution is 0.146. The lowest BCUT2D eigenvalue weighted by Crippen LogP contribution is -2.54. The van der Waals surface area contributed by atoms with Gasteiger partial charge in [0.15, 0.2) is 5.96 Å². The van der Waals surface area contributed by atoms with Crippen molar-refractivity contribution < 1.29 is 14.1 Å². The number of hydrogen-bond donors (Lipinski definition) is 2. The monoisotopic (exact) mass is 522 g/mol. The molecule has 29 heavy (non-hydrogen) atoms. The molecule has 0 aromatic carbocycles. The Bertz CT molecular complexity index is 603. The zero-order chi connectivity index (χ0) is 20.4. The van der Waals surface area contributed by atoms with Gasteiger partial charge >= 0.3 is 6.09 Å². The minimum Gasteiger partial charge on any atom is -0.450 e. The van der Waals surface area contributed by atoms with Crippen LogP contribution in [0.5, 0.6) is 0 Å². The molecule has 2 heterocycles. The third-order valence-electron chi connectivity index (χ3n) is 4.62. The summed E-state index contributed by atoms with van der Waals surface area (Å²) in [6.07, 6.45) is 2.11. The van der Waals surface area contributed by atoms with Crippen molar-refractivity contribution in [2.24, 2.45) is 10.9 Å². The summed E-state index contributed by atoms with van der Waals surface area (Å²) in [5.74, 6) is 1.33. The van der Waals surface area contributed by atoms with Crippen LogP contribution in [0.15, 0.2) is 21.8 Å². The second-order valence-corrected chi connectivity index (χ2v) is 7.37. The van der Waals surface area contributed by atoms with Crippen LogP contribution in [0.4, 0.5) is 4.79 Å². The Morgan fingerprint density at radius 3 is 2.62 bits per heavy atom. The maximum Gasteiger partial charge on any atom is 0.407 e. The standard InChI is InChI=1S/C19H34N6O3.HI/c1-5-27-19(26)22-17(12-15(2)3)13-21-18(20-4)25-9-7-24(8-10-25)14-16-6-11-28-23-16;/h6,11,15,17H,5,7-10,12-14H2,1-4H3,(H,20,21)(H,22,26);1H. The van der Waals surface area contributed by atoms with Crippen molar-refractivity contribution >= 4 is 36.0 Å². The molecule has 10 heteroatoms. The fourth-order valence-electron chi connectivity index (χ4n) is 3.31. The van der Waals surface area contributed by atoms with Crippen LogP contribution >= 0.6 is 24.0 Å². The van der Waals surface area contributed by atoms with E-state index in [4.69, 9.17) is 9.26 Å². The van der Waals surface area contributed by atoms with Crippen LogP contribution in [-0.2, 0) is 11.3 Å². The zero-order valence-corrected chi connectivity index (χ0v) is 20.2. The maximum absolute atomic E-state index is 11.8. The predicted octanol–water partition coefficient (Wildman–Crippen LogP) is 2.15. The molecule has 0 radical (unpaired) electrons. The van der Waals surface area contributed by atoms with Crippen molar-refractivity contribution in [3.05, 3.63) is 18.0 Å². The van der Waals surface area contributed by atoms with E-state index < -0.39 is 0 Å². The van der Waals surface area contributed by atoms with Crippen LogP contribution in [0.25, 0.3) is 0 Å². The van der Waals surface area contributed by atoms with Crippen LogP contribution in [-0.4, -0.2) is 79.4 Å². The molecule has 1 aromatic rings. The van der Waals surface area contributed by atoms with Gasteiger partial charge in [-0.2, -0.15) is 0 Å². The Morgan fingerprint density at radius 1 is 1.34 bits per heavy atom. The first-order valence-electron chi connectivity index (χ1n) is 10.0. The molecule has 2 rings (SSSR count). The maximum atomic E-state index is 11.8. The summed E-state index contributed by atoms with van der Waals surface area (Å²) >= 11 is 0. The highest BCUT2D eigenvalue weighted by atomic mass is 127. The van der Waals surface area contributed by atoms with Gasteiger partial charge in [-0.25, -0.2) is 4.79 Å². The normalized spacial score (nSPS) is 16.3. The summed E-state index contributed by atoms with van der Waals surface area (Å²) in [5, 5.41) is 10.3. The van der Waals surface area contributed by atoms with Gasteiger partial charge in [-0.15, -0.1) is 24.0 Å². The summed E-state index contributed by atoms with van der Waals surface area (Å²) in [5.41, 5.74) is 0.956. The Morgan fingerprint density at radius 2 is 2.07 bits per heavy atom. The van der Waals surface area contributed by atoms with Gasteiger partial charge in [0, 0.05) is 58.4 Å². The first-order chi connectivity index (χ1) is 13.5. The fourth-order valence-corrected chi connectivity index (χ4v) is 3.31. The van der Waals surface area contributed by atoms with Crippen LogP contribution < -0.4 is 10.6 Å². The van der Waals surface area contributed by atoms with Gasteiger partial charge in [0.05, 0.1) is 12.3 Å². The number of carbonyl (C=O) groups excluding carboxylic acids is 1. The fraction of sp³-hybridized carbons (Fsp3) is 0.737. The summed E-state index contributed by atoms with van der Waals surface area (Å²) < 4.78 is 9.92. The van der Waals surface area contributed by atoms with E-state index in [1.807, 2.05) is 6.07 Å². The molecule has 2 N–H and O–H groups in total. The smallest absolute Gasteiger partial charge is 0.407 e. The number of ether oxygens (including phenoxy) is 1. The number of piperazine rings is 1. The summed E-state index contributed by atoms with van der Waals surface area (Å²) in [6, 6.07) is 1.89. The number of nitrogens with zero attached hydrogens (tertiary/aromatic N) is 4. The number of alkyl carbamates (subject to hydrolysis) is 1. The molecular formula is C19H35IN6O3. The molecule has 1 amide bonds. The van der Waals surface area contributed by atoms with Crippen LogP contribution in [0.3, 0.4) is 0 Å². The van der Waals surface area contributed by atoms with E-state index in [0.717, 1.165) is 50.8 Å². The zero-order valence-electron chi connectivity index (χ0n) is 17.9. The Balaban J connectivity index is 0.00000420. The van der Waals surface area contributed by atoms with Gasteiger partial charge in [0.2, 0.25) is 0 Å². The molecule has 1 atom stereocenters. The molecule has 1 fully saturated rings. The molecule has 1 aliphatic rings. The van der Waals surface area contributed by atoms with Crippen molar-refractivity contribution in [1.29, 1.82) is 0 Å². The second-order valence-electron chi connectivity index (χ2n) is 7.37. The average molecular weight is 522 g/mol. The quantitative estimate of drug-likeness (QED) is 0.307. The molecular weight excluding hydrogens is 487 g/mol. The first-order valence-corrected chi connectivity index (χ1v) is 10.0. The number of rotatable bonds is 8. The Kier molecular flexibility index (Phi) is 12.0. The van der Waals surface area contributed by atoms with Crippen molar-refractivity contribution in [3.63, 3.8) is 0 Å². The number of halogens is 1. The van der Waals surface area contributed by atoms with Gasteiger partial charge in [-0.1, -0.05) is 19.0 Å². The van der Waals surface area contributed by atoms with Gasteiger partial charge in [-0.05, 0) is 19.3 Å². The van der Waals surface area contributed by atoms with E-state index in [-0.39, 0.29) is 36.1 Å². The van der Waals surface area contributed by atoms with E-state index in [9.17, 15) is 4.79 Å². The molecule has 0 spiro atoms. The molecule has 1 saturated heterocycles. The molecule has 0 bridgehead atoms. The van der Waals surface area contributed by atoms with Crippen molar-refractivity contribution in [1.82, 2.24) is 25.6 Å². The molecule has 0 saturated carbocycles. The Labute approximate surface area is 190 Å². The molecule has 9 nitrogen and oxygen atoms in total. The molecule has 166 valence electrons. The molecule has 1 unspecified atom stereocenters. The van der Waals surface area contributed by atoms with Crippen molar-refractivity contribution in [3.8, 4) is 0 Å². The topological polar surface area (TPSA) is 95.2 Å². The molecule has 1 aromatic heterocycles. The highest BCUT2D eigenvalue weighted by molar-refractivity contribution is 14.0. The Hall–Kier alpha value is -1.56. The predicted molar refractivity (Wildman–Crippen MR) is 124 cm³/mol. The highest BCUT2D eigenvalue weighted by Gasteiger charge is 2.22. The van der Waals surface area contributed by atoms with E-state index >= 15 is 0 Å². The van der Waals surface area contributed by atoms with Crippen LogP contribution in [0.1, 0.15) is 32.9 Å². The van der Waals surface area contributed by atoms with Crippen LogP contribution in [0.2, 0.25) is 0 Å². The summed E-state index contributed by atoms with van der Waals surface area (Å²) in [6.45, 7) is 11.5. The van der Waals surface area contributed by atoms with E-state index in [1.54, 1.807) is 20.2 Å². The number of aliphatic imine (C=N–C) groups is 1.